The molecule has 0 radical (unpaired) electrons. The number of hydrogen-bond acceptors (Lipinski definition) is 5. The number of allylic oxidation sites excluding steroid dienone is 1. The van der Waals surface area contributed by atoms with E-state index in [1.807, 2.05) is 24.3 Å². The first-order chi connectivity index (χ1) is 15.6. The molecule has 2 heterocycles. The van der Waals surface area contributed by atoms with E-state index in [1.165, 1.54) is 12.1 Å². The Labute approximate surface area is 185 Å². The number of nitrogens with one attached hydrogen (secondary N) is 1. The number of aliphatic hydroxyl groups excluding tert-OH is 1. The predicted molar refractivity (Wildman–Crippen MR) is 117 cm³/mol. The number of amides is 1. The quantitative estimate of drug-likeness (QED) is 0.484. The van der Waals surface area contributed by atoms with Crippen LogP contribution in [0.2, 0.25) is 0 Å². The average molecular weight is 439 g/mol. The van der Waals surface area contributed by atoms with Crippen LogP contribution in [0.15, 0.2) is 71.0 Å². The number of carbonyl (C=O) groups excluding carboxylic acids is 1. The molecule has 6 nitrogen and oxygen atoms in total. The maximum atomic E-state index is 13.1. The standard InChI is InChI=1S/C25H26FNO5/c26-19-9-7-17(8-10-19)15-27-25(29)23-13-18(14-24(32-23)30-12-4-3-11-28)21-16-31-22-6-2-1-5-20(21)22/h1-2,5-10,13,16,18,24,28H,3-4,11-12,14-15H2,(H,27,29)/t18-,24+/m0/s1. The van der Waals surface area contributed by atoms with Gasteiger partial charge in [0, 0.05) is 36.4 Å². The van der Waals surface area contributed by atoms with Gasteiger partial charge in [-0.1, -0.05) is 30.3 Å². The van der Waals surface area contributed by atoms with E-state index in [2.05, 4.69) is 5.32 Å². The van der Waals surface area contributed by atoms with Gasteiger partial charge in [-0.3, -0.25) is 4.79 Å². The molecule has 1 aliphatic heterocycles. The van der Waals surface area contributed by atoms with E-state index < -0.39 is 6.29 Å². The van der Waals surface area contributed by atoms with E-state index in [0.717, 1.165) is 22.1 Å². The number of halogens is 1. The maximum absolute atomic E-state index is 13.1. The molecule has 7 heteroatoms. The molecule has 0 saturated heterocycles. The van der Waals surface area contributed by atoms with Crippen LogP contribution >= 0.6 is 0 Å². The minimum Gasteiger partial charge on any atom is -0.464 e. The summed E-state index contributed by atoms with van der Waals surface area (Å²) < 4.78 is 30.5. The van der Waals surface area contributed by atoms with Gasteiger partial charge in [0.15, 0.2) is 5.76 Å². The summed E-state index contributed by atoms with van der Waals surface area (Å²) in [4.78, 5) is 12.8. The summed E-state index contributed by atoms with van der Waals surface area (Å²) in [5, 5.41) is 12.8. The fourth-order valence-electron chi connectivity index (χ4n) is 3.72. The molecule has 2 N–H and O–H groups in total. The van der Waals surface area contributed by atoms with E-state index in [-0.39, 0.29) is 36.6 Å². The number of para-hydroxylation sites is 1. The smallest absolute Gasteiger partial charge is 0.286 e. The molecule has 168 valence electrons. The molecule has 2 aromatic carbocycles. The minimum atomic E-state index is -0.594. The number of aliphatic hydroxyl groups is 1. The van der Waals surface area contributed by atoms with Gasteiger partial charge < -0.3 is 24.3 Å². The number of fused-ring (bicyclic) bond motifs is 1. The van der Waals surface area contributed by atoms with E-state index in [9.17, 15) is 9.18 Å². The number of rotatable bonds is 9. The third kappa shape index (κ3) is 5.36. The van der Waals surface area contributed by atoms with Gasteiger partial charge in [0.2, 0.25) is 6.29 Å². The molecule has 4 rings (SSSR count). The molecule has 0 saturated carbocycles. The molecule has 3 aromatic rings. The lowest BCUT2D eigenvalue weighted by molar-refractivity contribution is -0.146. The Kier molecular flexibility index (Phi) is 7.19. The highest BCUT2D eigenvalue weighted by molar-refractivity contribution is 5.92. The summed E-state index contributed by atoms with van der Waals surface area (Å²) in [6.45, 7) is 0.783. The van der Waals surface area contributed by atoms with Crippen molar-refractivity contribution in [2.75, 3.05) is 13.2 Å². The van der Waals surface area contributed by atoms with Gasteiger partial charge in [-0.25, -0.2) is 4.39 Å². The molecule has 1 aliphatic rings. The Hall–Kier alpha value is -3.16. The molecule has 0 bridgehead atoms. The van der Waals surface area contributed by atoms with Gasteiger partial charge in [-0.2, -0.15) is 0 Å². The van der Waals surface area contributed by atoms with Gasteiger partial charge in [-0.05, 0) is 42.7 Å². The number of benzene rings is 2. The third-order valence-electron chi connectivity index (χ3n) is 5.41. The van der Waals surface area contributed by atoms with E-state index >= 15 is 0 Å². The van der Waals surface area contributed by atoms with Gasteiger partial charge in [0.05, 0.1) is 12.9 Å². The molecule has 2 atom stereocenters. The number of furan rings is 1. The maximum Gasteiger partial charge on any atom is 0.286 e. The lowest BCUT2D eigenvalue weighted by Gasteiger charge is -2.29. The Morgan fingerprint density at radius 2 is 1.97 bits per heavy atom. The van der Waals surface area contributed by atoms with Crippen LogP contribution in [0.3, 0.4) is 0 Å². The molecular formula is C25H26FNO5. The van der Waals surface area contributed by atoms with Gasteiger partial charge in [-0.15, -0.1) is 0 Å². The van der Waals surface area contributed by atoms with Crippen LogP contribution in [-0.4, -0.2) is 30.5 Å². The number of unbranched alkanes of at least 4 members (excludes halogenated alkanes) is 1. The minimum absolute atomic E-state index is 0.107. The summed E-state index contributed by atoms with van der Waals surface area (Å²) in [6.07, 6.45) is 4.80. The summed E-state index contributed by atoms with van der Waals surface area (Å²) in [6, 6.07) is 13.7. The predicted octanol–water partition coefficient (Wildman–Crippen LogP) is 4.39. The highest BCUT2D eigenvalue weighted by Crippen LogP contribution is 2.36. The van der Waals surface area contributed by atoms with Crippen LogP contribution in [-0.2, 0) is 20.8 Å². The lowest BCUT2D eigenvalue weighted by atomic mass is 9.92. The topological polar surface area (TPSA) is 80.9 Å². The Morgan fingerprint density at radius 1 is 1.16 bits per heavy atom. The fourth-order valence-corrected chi connectivity index (χ4v) is 3.72. The van der Waals surface area contributed by atoms with Crippen molar-refractivity contribution in [2.45, 2.75) is 38.0 Å². The summed E-state index contributed by atoms with van der Waals surface area (Å²) in [5.41, 5.74) is 2.53. The second-order valence-corrected chi connectivity index (χ2v) is 7.72. The number of ether oxygens (including phenoxy) is 2. The van der Waals surface area contributed by atoms with Crippen LogP contribution in [0.5, 0.6) is 0 Å². The van der Waals surface area contributed by atoms with Crippen molar-refractivity contribution in [3.63, 3.8) is 0 Å². The highest BCUT2D eigenvalue weighted by atomic mass is 19.1. The van der Waals surface area contributed by atoms with Crippen molar-refractivity contribution in [3.05, 3.63) is 83.6 Å². The second kappa shape index (κ2) is 10.4. The summed E-state index contributed by atoms with van der Waals surface area (Å²) in [5.74, 6) is -0.631. The van der Waals surface area contributed by atoms with Crippen molar-refractivity contribution < 1.29 is 28.2 Å². The van der Waals surface area contributed by atoms with Crippen molar-refractivity contribution in [3.8, 4) is 0 Å². The Bertz CT molecular complexity index is 1080. The first kappa shape index (κ1) is 22.0. The Morgan fingerprint density at radius 3 is 2.78 bits per heavy atom. The molecule has 1 aromatic heterocycles. The highest BCUT2D eigenvalue weighted by Gasteiger charge is 2.30. The number of hydrogen-bond donors (Lipinski definition) is 2. The van der Waals surface area contributed by atoms with Crippen molar-refractivity contribution >= 4 is 16.9 Å². The molecule has 0 unspecified atom stereocenters. The summed E-state index contributed by atoms with van der Waals surface area (Å²) >= 11 is 0. The van der Waals surface area contributed by atoms with Crippen molar-refractivity contribution in [1.82, 2.24) is 5.32 Å². The zero-order chi connectivity index (χ0) is 22.3. The molecule has 0 fully saturated rings. The first-order valence-electron chi connectivity index (χ1n) is 10.7. The molecule has 0 spiro atoms. The second-order valence-electron chi connectivity index (χ2n) is 7.72. The van der Waals surface area contributed by atoms with Gasteiger partial charge in [0.25, 0.3) is 5.91 Å². The molecular weight excluding hydrogens is 413 g/mol. The van der Waals surface area contributed by atoms with E-state index in [1.54, 1.807) is 24.5 Å². The lowest BCUT2D eigenvalue weighted by Crippen LogP contribution is -2.32. The largest absolute Gasteiger partial charge is 0.464 e. The summed E-state index contributed by atoms with van der Waals surface area (Å²) in [7, 11) is 0. The molecule has 0 aliphatic carbocycles. The molecule has 1 amide bonds. The van der Waals surface area contributed by atoms with Crippen LogP contribution in [0.1, 0.15) is 36.3 Å². The van der Waals surface area contributed by atoms with Crippen molar-refractivity contribution in [2.24, 2.45) is 0 Å². The van der Waals surface area contributed by atoms with E-state index in [0.29, 0.717) is 25.9 Å². The van der Waals surface area contributed by atoms with Crippen LogP contribution in [0, 0.1) is 5.82 Å². The monoisotopic (exact) mass is 439 g/mol. The van der Waals surface area contributed by atoms with Crippen molar-refractivity contribution in [1.29, 1.82) is 0 Å². The van der Waals surface area contributed by atoms with Crippen LogP contribution in [0.25, 0.3) is 11.0 Å². The Balaban J connectivity index is 1.51. The van der Waals surface area contributed by atoms with E-state index in [4.69, 9.17) is 19.0 Å². The zero-order valence-corrected chi connectivity index (χ0v) is 17.6. The van der Waals surface area contributed by atoms with Crippen LogP contribution in [0.4, 0.5) is 4.39 Å². The van der Waals surface area contributed by atoms with Gasteiger partial charge in [0.1, 0.15) is 11.4 Å². The number of carbonyl (C=O) groups is 1. The third-order valence-corrected chi connectivity index (χ3v) is 5.41. The molecule has 32 heavy (non-hydrogen) atoms. The normalized spacial score (nSPS) is 18.2. The fraction of sp³-hybridized carbons (Fsp3) is 0.320. The van der Waals surface area contributed by atoms with Crippen LogP contribution < -0.4 is 5.32 Å². The SMILES string of the molecule is O=C(NCc1ccc(F)cc1)C1=C[C@H](c2coc3ccccc23)C[C@H](OCCCCO)O1. The first-order valence-corrected chi connectivity index (χ1v) is 10.7. The zero-order valence-electron chi connectivity index (χ0n) is 17.6. The van der Waals surface area contributed by atoms with Gasteiger partial charge >= 0.3 is 0 Å². The average Bonchev–Trinajstić information content (AvgIpc) is 3.25.